The third-order valence-electron chi connectivity index (χ3n) is 5.24. The van der Waals surface area contributed by atoms with Crippen molar-refractivity contribution in [3.63, 3.8) is 0 Å². The summed E-state index contributed by atoms with van der Waals surface area (Å²) in [7, 11) is 1.61. The molecule has 1 aliphatic rings. The number of benzene rings is 2. The van der Waals surface area contributed by atoms with Gasteiger partial charge in [0.15, 0.2) is 0 Å². The Labute approximate surface area is 211 Å². The highest BCUT2D eigenvalue weighted by Crippen LogP contribution is 2.21. The summed E-state index contributed by atoms with van der Waals surface area (Å²) in [5.41, 5.74) is 1.44. The first-order chi connectivity index (χ1) is 17.0. The minimum absolute atomic E-state index is 0.0698. The zero-order chi connectivity index (χ0) is 26.7. The standard InChI is InChI=1S/C22H26ClN3O3.C2HF3O2/c1-29-20-5-3-2-4-18(20)16-26(22(28)17-6-8-19(23)9-7-17)13-10-21(27)25-14-11-24-12-15-25;3-2(4,5)1(6)7/h2-9,24H,10-16H2,1H3;(H,6,7). The zero-order valence-electron chi connectivity index (χ0n) is 19.6. The van der Waals surface area contributed by atoms with Crippen molar-refractivity contribution < 1.29 is 37.4 Å². The van der Waals surface area contributed by atoms with Gasteiger partial charge in [0.05, 0.1) is 7.11 Å². The Hall–Kier alpha value is -3.31. The summed E-state index contributed by atoms with van der Waals surface area (Å²) in [6, 6.07) is 14.4. The van der Waals surface area contributed by atoms with E-state index in [9.17, 15) is 22.8 Å². The van der Waals surface area contributed by atoms with Gasteiger partial charge >= 0.3 is 12.1 Å². The maximum atomic E-state index is 13.2. The van der Waals surface area contributed by atoms with E-state index >= 15 is 0 Å². The maximum Gasteiger partial charge on any atom is 0.490 e. The fraction of sp³-hybridized carbons (Fsp3) is 0.375. The molecule has 0 atom stereocenters. The first-order valence-electron chi connectivity index (χ1n) is 11.0. The number of carboxylic acids is 1. The van der Waals surface area contributed by atoms with Gasteiger partial charge in [0.2, 0.25) is 5.91 Å². The first-order valence-corrected chi connectivity index (χ1v) is 11.4. The smallest absolute Gasteiger partial charge is 0.490 e. The molecule has 3 rings (SSSR count). The van der Waals surface area contributed by atoms with Crippen molar-refractivity contribution in [3.05, 3.63) is 64.7 Å². The lowest BCUT2D eigenvalue weighted by Gasteiger charge is -2.29. The second-order valence-electron chi connectivity index (χ2n) is 7.73. The molecule has 0 radical (unpaired) electrons. The molecule has 36 heavy (non-hydrogen) atoms. The molecule has 12 heteroatoms. The number of alkyl halides is 3. The molecule has 1 aliphatic heterocycles. The number of ether oxygens (including phenoxy) is 1. The van der Waals surface area contributed by atoms with E-state index in [4.69, 9.17) is 26.2 Å². The highest BCUT2D eigenvalue weighted by atomic mass is 35.5. The minimum Gasteiger partial charge on any atom is -0.496 e. The lowest BCUT2D eigenvalue weighted by atomic mass is 10.1. The number of nitrogens with zero attached hydrogens (tertiary/aromatic N) is 2. The largest absolute Gasteiger partial charge is 0.496 e. The molecule has 8 nitrogen and oxygen atoms in total. The van der Waals surface area contributed by atoms with Crippen LogP contribution < -0.4 is 10.1 Å². The van der Waals surface area contributed by atoms with Crippen LogP contribution in [0.1, 0.15) is 22.3 Å². The van der Waals surface area contributed by atoms with E-state index in [1.54, 1.807) is 36.3 Å². The molecule has 2 amide bonds. The number of aliphatic carboxylic acids is 1. The van der Waals surface area contributed by atoms with E-state index < -0.39 is 12.1 Å². The van der Waals surface area contributed by atoms with Gasteiger partial charge in [0.25, 0.3) is 5.91 Å². The van der Waals surface area contributed by atoms with E-state index in [1.165, 1.54) is 0 Å². The van der Waals surface area contributed by atoms with Gasteiger partial charge in [-0.05, 0) is 30.3 Å². The summed E-state index contributed by atoms with van der Waals surface area (Å²) in [5.74, 6) is -2.11. The lowest BCUT2D eigenvalue weighted by Crippen LogP contribution is -2.47. The van der Waals surface area contributed by atoms with Crippen molar-refractivity contribution in [2.45, 2.75) is 19.1 Å². The number of nitrogens with one attached hydrogen (secondary N) is 1. The monoisotopic (exact) mass is 529 g/mol. The summed E-state index contributed by atoms with van der Waals surface area (Å²) < 4.78 is 37.2. The highest BCUT2D eigenvalue weighted by Gasteiger charge is 2.38. The summed E-state index contributed by atoms with van der Waals surface area (Å²) in [4.78, 5) is 38.2. The number of amides is 2. The van der Waals surface area contributed by atoms with Crippen LogP contribution in [0.2, 0.25) is 5.02 Å². The van der Waals surface area contributed by atoms with Crippen LogP contribution in [0.25, 0.3) is 0 Å². The molecular formula is C24H27ClF3N3O5. The number of methoxy groups -OCH3 is 1. The molecule has 0 aliphatic carbocycles. The molecule has 1 heterocycles. The van der Waals surface area contributed by atoms with E-state index in [-0.39, 0.29) is 18.2 Å². The number of carbonyl (C=O) groups is 3. The average molecular weight is 530 g/mol. The van der Waals surface area contributed by atoms with Gasteiger partial charge in [-0.2, -0.15) is 13.2 Å². The number of carbonyl (C=O) groups excluding carboxylic acids is 2. The normalized spacial score (nSPS) is 13.3. The Bertz CT molecular complexity index is 1030. The van der Waals surface area contributed by atoms with E-state index in [0.717, 1.165) is 24.4 Å². The van der Waals surface area contributed by atoms with E-state index in [1.807, 2.05) is 29.2 Å². The number of hydrogen-bond donors (Lipinski definition) is 2. The third kappa shape index (κ3) is 9.04. The van der Waals surface area contributed by atoms with Crippen molar-refractivity contribution in [2.75, 3.05) is 39.8 Å². The van der Waals surface area contributed by atoms with E-state index in [2.05, 4.69) is 5.32 Å². The Morgan fingerprint density at radius 1 is 1.08 bits per heavy atom. The maximum absolute atomic E-state index is 13.2. The fourth-order valence-corrected chi connectivity index (χ4v) is 3.50. The molecule has 1 saturated heterocycles. The van der Waals surface area contributed by atoms with E-state index in [0.29, 0.717) is 36.8 Å². The molecule has 1 fully saturated rings. The van der Waals surface area contributed by atoms with Crippen molar-refractivity contribution in [1.29, 1.82) is 0 Å². The molecule has 2 aromatic rings. The van der Waals surface area contributed by atoms with Crippen LogP contribution in [0.5, 0.6) is 5.75 Å². The molecule has 0 unspecified atom stereocenters. The van der Waals surface area contributed by atoms with Crippen molar-refractivity contribution >= 4 is 29.4 Å². The Balaban J connectivity index is 0.000000572. The summed E-state index contributed by atoms with van der Waals surface area (Å²) in [5, 5.41) is 10.9. The van der Waals surface area contributed by atoms with Gasteiger partial charge in [0.1, 0.15) is 5.75 Å². The van der Waals surface area contributed by atoms with Crippen LogP contribution in [0.15, 0.2) is 48.5 Å². The van der Waals surface area contributed by atoms with Gasteiger partial charge in [-0.1, -0.05) is 29.8 Å². The molecule has 2 N–H and O–H groups in total. The predicted octanol–water partition coefficient (Wildman–Crippen LogP) is 3.45. The molecular weight excluding hydrogens is 503 g/mol. The Morgan fingerprint density at radius 2 is 1.67 bits per heavy atom. The average Bonchev–Trinajstić information content (AvgIpc) is 2.87. The van der Waals surface area contributed by atoms with Crippen LogP contribution in [0.4, 0.5) is 13.2 Å². The van der Waals surface area contributed by atoms with Crippen molar-refractivity contribution in [1.82, 2.24) is 15.1 Å². The van der Waals surface area contributed by atoms with Crippen molar-refractivity contribution in [2.24, 2.45) is 0 Å². The summed E-state index contributed by atoms with van der Waals surface area (Å²) in [6.07, 6.45) is -4.80. The number of carboxylic acid groups (broad SMARTS) is 1. The van der Waals surface area contributed by atoms with Crippen molar-refractivity contribution in [3.8, 4) is 5.75 Å². The molecule has 0 bridgehead atoms. The number of rotatable bonds is 7. The second kappa shape index (κ2) is 13.7. The molecule has 2 aromatic carbocycles. The second-order valence-corrected chi connectivity index (χ2v) is 8.17. The molecule has 0 spiro atoms. The summed E-state index contributed by atoms with van der Waals surface area (Å²) >= 11 is 5.96. The topological polar surface area (TPSA) is 99.2 Å². The van der Waals surface area contributed by atoms with Gasteiger partial charge in [-0.3, -0.25) is 9.59 Å². The Kier molecular flexibility index (Phi) is 11.0. The number of para-hydroxylation sites is 1. The van der Waals surface area contributed by atoms with Crippen LogP contribution in [0.3, 0.4) is 0 Å². The first kappa shape index (κ1) is 28.9. The quantitative estimate of drug-likeness (QED) is 0.570. The van der Waals surface area contributed by atoms with Crippen LogP contribution in [-0.2, 0) is 16.1 Å². The highest BCUT2D eigenvalue weighted by molar-refractivity contribution is 6.30. The fourth-order valence-electron chi connectivity index (χ4n) is 3.37. The van der Waals surface area contributed by atoms with Crippen LogP contribution in [-0.4, -0.2) is 78.7 Å². The predicted molar refractivity (Wildman–Crippen MR) is 127 cm³/mol. The summed E-state index contributed by atoms with van der Waals surface area (Å²) in [6.45, 7) is 3.72. The SMILES string of the molecule is COc1ccccc1CN(CCC(=O)N1CCNCC1)C(=O)c1ccc(Cl)cc1.O=C(O)C(F)(F)F. The number of piperazine rings is 1. The number of halogens is 4. The lowest BCUT2D eigenvalue weighted by molar-refractivity contribution is -0.192. The zero-order valence-corrected chi connectivity index (χ0v) is 20.3. The molecule has 0 saturated carbocycles. The van der Waals surface area contributed by atoms with Gasteiger partial charge < -0.3 is 25.0 Å². The minimum atomic E-state index is -5.08. The van der Waals surface area contributed by atoms with Gasteiger partial charge in [-0.15, -0.1) is 0 Å². The van der Waals surface area contributed by atoms with Crippen LogP contribution in [0, 0.1) is 0 Å². The van der Waals surface area contributed by atoms with Crippen LogP contribution >= 0.6 is 11.6 Å². The molecule has 196 valence electrons. The third-order valence-corrected chi connectivity index (χ3v) is 5.49. The van der Waals surface area contributed by atoms with Gasteiger partial charge in [-0.25, -0.2) is 4.79 Å². The Morgan fingerprint density at radius 3 is 2.22 bits per heavy atom. The van der Waals surface area contributed by atoms with Gasteiger partial charge in [0, 0.05) is 61.8 Å². The molecule has 0 aromatic heterocycles. The number of hydrogen-bond acceptors (Lipinski definition) is 5.